The summed E-state index contributed by atoms with van der Waals surface area (Å²) in [5.74, 6) is 0.0663. The van der Waals surface area contributed by atoms with Crippen LogP contribution in [0.3, 0.4) is 0 Å². The number of ether oxygens (including phenoxy) is 3. The molecule has 0 saturated carbocycles. The highest BCUT2D eigenvalue weighted by Gasteiger charge is 2.25. The summed E-state index contributed by atoms with van der Waals surface area (Å²) in [6.45, 7) is 8.13. The van der Waals surface area contributed by atoms with Gasteiger partial charge < -0.3 is 19.3 Å². The van der Waals surface area contributed by atoms with Gasteiger partial charge in [-0.3, -0.25) is 9.59 Å². The summed E-state index contributed by atoms with van der Waals surface area (Å²) in [5, 5.41) is 9.25. The molecular weight excluding hydrogens is 516 g/mol. The van der Waals surface area contributed by atoms with E-state index in [9.17, 15) is 14.7 Å². The molecule has 3 rings (SSSR count). The van der Waals surface area contributed by atoms with Crippen LogP contribution in [-0.4, -0.2) is 31.3 Å². The van der Waals surface area contributed by atoms with Gasteiger partial charge in [0.1, 0.15) is 18.1 Å². The molecule has 0 spiro atoms. The van der Waals surface area contributed by atoms with E-state index in [0.717, 1.165) is 22.4 Å². The number of phenols is 1. The van der Waals surface area contributed by atoms with E-state index in [-0.39, 0.29) is 41.4 Å². The second kappa shape index (κ2) is 17.4. The molecule has 0 bridgehead atoms. The molecule has 0 aliphatic carbocycles. The van der Waals surface area contributed by atoms with Crippen LogP contribution in [0.2, 0.25) is 0 Å². The van der Waals surface area contributed by atoms with Crippen LogP contribution in [-0.2, 0) is 25.7 Å². The number of aromatic hydroxyl groups is 1. The van der Waals surface area contributed by atoms with Gasteiger partial charge >= 0.3 is 11.9 Å². The average molecular weight is 559 g/mol. The van der Waals surface area contributed by atoms with Crippen LogP contribution < -0.4 is 4.74 Å². The van der Waals surface area contributed by atoms with Gasteiger partial charge in [0.05, 0.1) is 26.1 Å². The Morgan fingerprint density at radius 2 is 1.15 bits per heavy atom. The number of hydrogen-bond acceptors (Lipinski definition) is 6. The van der Waals surface area contributed by atoms with Crippen molar-refractivity contribution in [2.75, 3.05) is 14.2 Å². The van der Waals surface area contributed by atoms with E-state index < -0.39 is 0 Å². The summed E-state index contributed by atoms with van der Waals surface area (Å²) < 4.78 is 15.4. The second-order valence-electron chi connectivity index (χ2n) is 9.66. The van der Waals surface area contributed by atoms with Gasteiger partial charge in [-0.15, -0.1) is 0 Å². The van der Waals surface area contributed by atoms with Gasteiger partial charge in [-0.2, -0.15) is 0 Å². The summed E-state index contributed by atoms with van der Waals surface area (Å²) in [7, 11) is 2.81. The SMILES string of the molecule is C/C=C\[C@@H](c1ccc(O)cc1)[C@H](C)C(=O)OC.C/C=C\[C@@H](c1ccc(OCc2ccccc2)cc1)[C@H](C)C(=O)OC. The van der Waals surface area contributed by atoms with Crippen molar-refractivity contribution in [3.63, 3.8) is 0 Å². The predicted molar refractivity (Wildman–Crippen MR) is 163 cm³/mol. The highest BCUT2D eigenvalue weighted by Crippen LogP contribution is 2.30. The molecule has 218 valence electrons. The second-order valence-corrected chi connectivity index (χ2v) is 9.66. The fourth-order valence-corrected chi connectivity index (χ4v) is 4.44. The first-order valence-electron chi connectivity index (χ1n) is 13.7. The van der Waals surface area contributed by atoms with E-state index in [1.54, 1.807) is 12.1 Å². The van der Waals surface area contributed by atoms with Gasteiger partial charge in [0.25, 0.3) is 0 Å². The Labute approximate surface area is 244 Å². The molecule has 1 N–H and O–H groups in total. The molecule has 0 fully saturated rings. The van der Waals surface area contributed by atoms with Gasteiger partial charge in [-0.1, -0.05) is 92.7 Å². The predicted octanol–water partition coefficient (Wildman–Crippen LogP) is 7.60. The highest BCUT2D eigenvalue weighted by atomic mass is 16.5. The molecular formula is C35H42O6. The van der Waals surface area contributed by atoms with Crippen molar-refractivity contribution in [2.45, 2.75) is 46.1 Å². The summed E-state index contributed by atoms with van der Waals surface area (Å²) >= 11 is 0. The molecule has 0 unspecified atom stereocenters. The highest BCUT2D eigenvalue weighted by molar-refractivity contribution is 5.74. The number of rotatable bonds is 11. The molecule has 0 amide bonds. The Morgan fingerprint density at radius 3 is 1.56 bits per heavy atom. The molecule has 3 aromatic carbocycles. The third kappa shape index (κ3) is 10.3. The number of esters is 2. The number of hydrogen-bond donors (Lipinski definition) is 1. The number of carbonyl (C=O) groups excluding carboxylic acids is 2. The molecule has 0 aliphatic rings. The number of phenolic OH excluding ortho intramolecular Hbond substituents is 1. The Morgan fingerprint density at radius 1 is 0.707 bits per heavy atom. The van der Waals surface area contributed by atoms with Crippen LogP contribution >= 0.6 is 0 Å². The van der Waals surface area contributed by atoms with Crippen molar-refractivity contribution in [2.24, 2.45) is 11.8 Å². The molecule has 0 aromatic heterocycles. The molecule has 0 heterocycles. The van der Waals surface area contributed by atoms with E-state index in [2.05, 4.69) is 0 Å². The van der Waals surface area contributed by atoms with Crippen LogP contribution in [0.25, 0.3) is 0 Å². The first kappa shape index (κ1) is 32.9. The number of carbonyl (C=O) groups is 2. The Kier molecular flexibility index (Phi) is 13.9. The quantitative estimate of drug-likeness (QED) is 0.193. The number of allylic oxidation sites excluding steroid dienone is 4. The lowest BCUT2D eigenvalue weighted by molar-refractivity contribution is -0.146. The summed E-state index contributed by atoms with van der Waals surface area (Å²) in [4.78, 5) is 23.4. The molecule has 6 heteroatoms. The fourth-order valence-electron chi connectivity index (χ4n) is 4.44. The minimum atomic E-state index is -0.249. The zero-order chi connectivity index (χ0) is 30.2. The lowest BCUT2D eigenvalue weighted by Gasteiger charge is -2.19. The van der Waals surface area contributed by atoms with Crippen LogP contribution in [0.5, 0.6) is 11.5 Å². The topological polar surface area (TPSA) is 82.1 Å². The maximum atomic E-state index is 11.8. The van der Waals surface area contributed by atoms with Crippen LogP contribution in [0.1, 0.15) is 56.2 Å². The normalized spacial score (nSPS) is 13.9. The van der Waals surface area contributed by atoms with Crippen molar-refractivity contribution in [1.82, 2.24) is 0 Å². The van der Waals surface area contributed by atoms with Crippen molar-refractivity contribution >= 4 is 11.9 Å². The Balaban J connectivity index is 0.000000305. The van der Waals surface area contributed by atoms with Crippen LogP contribution in [0.15, 0.2) is 103 Å². The van der Waals surface area contributed by atoms with Crippen molar-refractivity contribution in [3.05, 3.63) is 120 Å². The molecule has 41 heavy (non-hydrogen) atoms. The van der Waals surface area contributed by atoms with E-state index in [0.29, 0.717) is 6.61 Å². The van der Waals surface area contributed by atoms with Crippen LogP contribution in [0, 0.1) is 11.8 Å². The van der Waals surface area contributed by atoms with Crippen molar-refractivity contribution in [1.29, 1.82) is 0 Å². The maximum Gasteiger partial charge on any atom is 0.309 e. The summed E-state index contributed by atoms with van der Waals surface area (Å²) in [5.41, 5.74) is 3.18. The zero-order valence-electron chi connectivity index (χ0n) is 24.8. The van der Waals surface area contributed by atoms with Crippen LogP contribution in [0.4, 0.5) is 0 Å². The Hall–Kier alpha value is -4.32. The molecule has 4 atom stereocenters. The lowest BCUT2D eigenvalue weighted by atomic mass is 9.87. The van der Waals surface area contributed by atoms with E-state index >= 15 is 0 Å². The maximum absolute atomic E-state index is 11.8. The van der Waals surface area contributed by atoms with Crippen molar-refractivity contribution < 1.29 is 28.9 Å². The molecule has 0 saturated heterocycles. The van der Waals surface area contributed by atoms with Gasteiger partial charge in [-0.25, -0.2) is 0 Å². The largest absolute Gasteiger partial charge is 0.508 e. The average Bonchev–Trinajstić information content (AvgIpc) is 3.01. The van der Waals surface area contributed by atoms with Gasteiger partial charge in [0.2, 0.25) is 0 Å². The van der Waals surface area contributed by atoms with E-state index in [4.69, 9.17) is 14.2 Å². The first-order chi connectivity index (χ1) is 19.7. The number of methoxy groups -OCH3 is 2. The molecule has 6 nitrogen and oxygen atoms in total. The number of benzene rings is 3. The van der Waals surface area contributed by atoms with Gasteiger partial charge in [0, 0.05) is 11.8 Å². The van der Waals surface area contributed by atoms with E-state index in [1.165, 1.54) is 14.2 Å². The molecule has 3 aromatic rings. The minimum Gasteiger partial charge on any atom is -0.508 e. The third-order valence-electron chi connectivity index (χ3n) is 6.81. The van der Waals surface area contributed by atoms with Gasteiger partial charge in [-0.05, 0) is 54.8 Å². The zero-order valence-corrected chi connectivity index (χ0v) is 24.8. The fraction of sp³-hybridized carbons (Fsp3) is 0.314. The summed E-state index contributed by atoms with van der Waals surface area (Å²) in [6, 6.07) is 24.8. The molecule has 0 aliphatic heterocycles. The smallest absolute Gasteiger partial charge is 0.309 e. The minimum absolute atomic E-state index is 0.00868. The Bertz CT molecular complexity index is 1250. The summed E-state index contributed by atoms with van der Waals surface area (Å²) in [6.07, 6.45) is 7.87. The monoisotopic (exact) mass is 558 g/mol. The van der Waals surface area contributed by atoms with Gasteiger partial charge in [0.15, 0.2) is 0 Å². The van der Waals surface area contributed by atoms with E-state index in [1.807, 2.05) is 119 Å². The third-order valence-corrected chi connectivity index (χ3v) is 6.81. The lowest BCUT2D eigenvalue weighted by Crippen LogP contribution is -2.19. The van der Waals surface area contributed by atoms with Crippen molar-refractivity contribution in [3.8, 4) is 11.5 Å². The molecule has 0 radical (unpaired) electrons. The standard InChI is InChI=1S/C21H24O3.C14H18O3/c1-4-8-20(16(2)21(22)23-3)18-11-13-19(14-12-18)24-15-17-9-6-5-7-10-17;1-4-5-13(10(2)14(16)17-3)11-6-8-12(15)9-7-11/h4-14,16,20H,15H2,1-3H3;4-10,13,15H,1-3H3/b8-4-;5-4-/t16-,20+;10-,13+/m00/s1. The first-order valence-corrected chi connectivity index (χ1v) is 13.7.